The summed E-state index contributed by atoms with van der Waals surface area (Å²) in [5, 5.41) is 12.8. The Kier molecular flexibility index (Phi) is 4.69. The predicted molar refractivity (Wildman–Crippen MR) is 85.1 cm³/mol. The van der Waals surface area contributed by atoms with Crippen LogP contribution in [-0.2, 0) is 10.0 Å². The number of hydrogen-bond donors (Lipinski definition) is 0. The topological polar surface area (TPSA) is 122 Å². The number of nitriles is 1. The Morgan fingerprint density at radius 3 is 2.80 bits per heavy atom. The number of piperidine rings is 1. The molecule has 0 spiro atoms. The molecule has 0 aromatic carbocycles. The average Bonchev–Trinajstić information content (AvgIpc) is 2.95. The molecule has 1 fully saturated rings. The monoisotopic (exact) mass is 363 g/mol. The maximum absolute atomic E-state index is 12.9. The minimum Gasteiger partial charge on any atom is -0.471 e. The molecule has 2 aromatic rings. The van der Waals surface area contributed by atoms with Crippen LogP contribution < -0.4 is 4.74 Å². The first-order valence-electron chi connectivity index (χ1n) is 7.74. The third-order valence-corrected chi connectivity index (χ3v) is 6.07. The van der Waals surface area contributed by atoms with Gasteiger partial charge < -0.3 is 9.26 Å². The minimum absolute atomic E-state index is 0.0770. The molecule has 3 heterocycles. The Hall–Kier alpha value is -2.51. The quantitative estimate of drug-likeness (QED) is 0.793. The largest absolute Gasteiger partial charge is 0.471 e. The molecule has 1 unspecified atom stereocenters. The van der Waals surface area contributed by atoms with E-state index in [1.165, 1.54) is 16.7 Å². The highest BCUT2D eigenvalue weighted by atomic mass is 32.2. The normalized spacial score (nSPS) is 18.7. The maximum Gasteiger partial charge on any atom is 0.251 e. The van der Waals surface area contributed by atoms with E-state index in [0.29, 0.717) is 25.1 Å². The molecule has 10 heteroatoms. The second-order valence-corrected chi connectivity index (χ2v) is 7.60. The molecule has 1 aliphatic rings. The van der Waals surface area contributed by atoms with Gasteiger partial charge in [-0.2, -0.15) is 9.57 Å². The summed E-state index contributed by atoms with van der Waals surface area (Å²) in [5.74, 6) is 0.382. The Labute approximate surface area is 145 Å². The maximum atomic E-state index is 12.9. The first-order valence-corrected chi connectivity index (χ1v) is 9.18. The van der Waals surface area contributed by atoms with Crippen LogP contribution in [0.3, 0.4) is 0 Å². The number of hydrogen-bond acceptors (Lipinski definition) is 8. The van der Waals surface area contributed by atoms with Gasteiger partial charge in [0.05, 0.1) is 6.54 Å². The van der Waals surface area contributed by atoms with Crippen LogP contribution in [0, 0.1) is 25.2 Å². The number of rotatable bonds is 4. The van der Waals surface area contributed by atoms with Crippen molar-refractivity contribution in [1.82, 2.24) is 19.4 Å². The van der Waals surface area contributed by atoms with Crippen molar-refractivity contribution in [3.63, 3.8) is 0 Å². The molecular weight excluding hydrogens is 346 g/mol. The van der Waals surface area contributed by atoms with Gasteiger partial charge in [-0.25, -0.2) is 18.4 Å². The summed E-state index contributed by atoms with van der Waals surface area (Å²) in [6.07, 6.45) is 3.72. The Bertz CT molecular complexity index is 899. The van der Waals surface area contributed by atoms with Gasteiger partial charge in [-0.05, 0) is 26.7 Å². The fraction of sp³-hybridized carbons (Fsp3) is 0.467. The SMILES string of the molecule is Cc1noc(C)c1S(=O)(=O)N1CCCC(Oc2nccnc2C#N)C1. The van der Waals surface area contributed by atoms with Crippen molar-refractivity contribution in [2.75, 3.05) is 13.1 Å². The van der Waals surface area contributed by atoms with Crippen LogP contribution in [0.25, 0.3) is 0 Å². The third kappa shape index (κ3) is 3.33. The van der Waals surface area contributed by atoms with Gasteiger partial charge in [0.2, 0.25) is 15.7 Å². The van der Waals surface area contributed by atoms with Gasteiger partial charge in [-0.3, -0.25) is 0 Å². The molecule has 2 aromatic heterocycles. The van der Waals surface area contributed by atoms with Crippen LogP contribution in [0.2, 0.25) is 0 Å². The Morgan fingerprint density at radius 1 is 1.36 bits per heavy atom. The van der Waals surface area contributed by atoms with E-state index in [2.05, 4.69) is 15.1 Å². The second-order valence-electron chi connectivity index (χ2n) is 5.72. The lowest BCUT2D eigenvalue weighted by Crippen LogP contribution is -2.44. The van der Waals surface area contributed by atoms with E-state index in [-0.39, 0.29) is 28.8 Å². The van der Waals surface area contributed by atoms with E-state index in [9.17, 15) is 8.42 Å². The standard InChI is InChI=1S/C15H17N5O4S/c1-10-14(11(2)24-19-10)25(21,22)20-7-3-4-12(9-20)23-15-13(8-16)17-5-6-18-15/h5-6,12H,3-4,7,9H2,1-2H3. The summed E-state index contributed by atoms with van der Waals surface area (Å²) in [7, 11) is -3.72. The second kappa shape index (κ2) is 6.78. The van der Waals surface area contributed by atoms with Gasteiger partial charge in [-0.1, -0.05) is 5.16 Å². The molecule has 1 atom stereocenters. The van der Waals surface area contributed by atoms with E-state index in [4.69, 9.17) is 14.5 Å². The summed E-state index contributed by atoms with van der Waals surface area (Å²) in [4.78, 5) is 8.00. The van der Waals surface area contributed by atoms with Gasteiger partial charge >= 0.3 is 0 Å². The zero-order chi connectivity index (χ0) is 18.0. The van der Waals surface area contributed by atoms with Crippen molar-refractivity contribution in [3.05, 3.63) is 29.5 Å². The summed E-state index contributed by atoms with van der Waals surface area (Å²) in [6, 6.07) is 1.91. The summed E-state index contributed by atoms with van der Waals surface area (Å²) in [6.45, 7) is 3.72. The van der Waals surface area contributed by atoms with Crippen molar-refractivity contribution in [1.29, 1.82) is 5.26 Å². The molecule has 132 valence electrons. The van der Waals surface area contributed by atoms with E-state index in [1.807, 2.05) is 6.07 Å². The molecule has 1 aliphatic heterocycles. The van der Waals surface area contributed by atoms with Crippen molar-refractivity contribution in [2.24, 2.45) is 0 Å². The zero-order valence-electron chi connectivity index (χ0n) is 13.8. The molecular formula is C15H17N5O4S. The molecule has 0 bridgehead atoms. The highest BCUT2D eigenvalue weighted by Crippen LogP contribution is 2.27. The van der Waals surface area contributed by atoms with Gasteiger partial charge in [-0.15, -0.1) is 0 Å². The van der Waals surface area contributed by atoms with Crippen LogP contribution in [0.4, 0.5) is 0 Å². The first-order chi connectivity index (χ1) is 11.9. The van der Waals surface area contributed by atoms with E-state index >= 15 is 0 Å². The molecule has 0 radical (unpaired) electrons. The molecule has 3 rings (SSSR count). The number of sulfonamides is 1. The first kappa shape index (κ1) is 17.3. The van der Waals surface area contributed by atoms with E-state index < -0.39 is 16.1 Å². The van der Waals surface area contributed by atoms with E-state index in [0.717, 1.165) is 0 Å². The molecule has 0 amide bonds. The van der Waals surface area contributed by atoms with Gasteiger partial charge in [0.25, 0.3) is 5.88 Å². The van der Waals surface area contributed by atoms with Gasteiger partial charge in [0, 0.05) is 18.9 Å². The Balaban J connectivity index is 1.81. The smallest absolute Gasteiger partial charge is 0.251 e. The van der Waals surface area contributed by atoms with Crippen LogP contribution in [0.5, 0.6) is 5.88 Å². The van der Waals surface area contributed by atoms with Crippen LogP contribution >= 0.6 is 0 Å². The van der Waals surface area contributed by atoms with Crippen LogP contribution in [-0.4, -0.2) is 47.0 Å². The Morgan fingerprint density at radius 2 is 2.12 bits per heavy atom. The zero-order valence-corrected chi connectivity index (χ0v) is 14.7. The van der Waals surface area contributed by atoms with Crippen LogP contribution in [0.1, 0.15) is 30.0 Å². The lowest BCUT2D eigenvalue weighted by molar-refractivity contribution is 0.123. The van der Waals surface area contributed by atoms with Crippen molar-refractivity contribution >= 4 is 10.0 Å². The molecule has 25 heavy (non-hydrogen) atoms. The van der Waals surface area contributed by atoms with Crippen molar-refractivity contribution in [3.8, 4) is 11.9 Å². The minimum atomic E-state index is -3.72. The predicted octanol–water partition coefficient (Wildman–Crippen LogP) is 1.19. The lowest BCUT2D eigenvalue weighted by Gasteiger charge is -2.31. The average molecular weight is 363 g/mol. The summed E-state index contributed by atoms with van der Waals surface area (Å²) >= 11 is 0. The number of nitrogens with zero attached hydrogens (tertiary/aromatic N) is 5. The van der Waals surface area contributed by atoms with Crippen LogP contribution in [0.15, 0.2) is 21.8 Å². The summed E-state index contributed by atoms with van der Waals surface area (Å²) < 4.78 is 37.9. The fourth-order valence-electron chi connectivity index (χ4n) is 2.84. The van der Waals surface area contributed by atoms with Gasteiger partial charge in [0.1, 0.15) is 22.8 Å². The molecule has 0 aliphatic carbocycles. The molecule has 0 N–H and O–H groups in total. The van der Waals surface area contributed by atoms with E-state index in [1.54, 1.807) is 13.8 Å². The molecule has 0 saturated carbocycles. The molecule has 9 nitrogen and oxygen atoms in total. The fourth-order valence-corrected chi connectivity index (χ4v) is 4.64. The molecule has 1 saturated heterocycles. The highest BCUT2D eigenvalue weighted by molar-refractivity contribution is 7.89. The number of ether oxygens (including phenoxy) is 1. The number of aromatic nitrogens is 3. The van der Waals surface area contributed by atoms with Gasteiger partial charge in [0.15, 0.2) is 5.76 Å². The third-order valence-electron chi connectivity index (χ3n) is 3.96. The highest BCUT2D eigenvalue weighted by Gasteiger charge is 2.35. The van der Waals surface area contributed by atoms with Crippen molar-refractivity contribution in [2.45, 2.75) is 37.7 Å². The van der Waals surface area contributed by atoms with Crippen molar-refractivity contribution < 1.29 is 17.7 Å². The lowest BCUT2D eigenvalue weighted by atomic mass is 10.1. The number of aryl methyl sites for hydroxylation is 2. The summed E-state index contributed by atoms with van der Waals surface area (Å²) in [5.41, 5.74) is 0.412.